The van der Waals surface area contributed by atoms with E-state index in [0.29, 0.717) is 18.5 Å². The number of nitrogens with two attached hydrogens (primary N) is 1. The zero-order valence-electron chi connectivity index (χ0n) is 17.2. The van der Waals surface area contributed by atoms with Crippen LogP contribution in [0.15, 0.2) is 84.9 Å². The van der Waals surface area contributed by atoms with Crippen LogP contribution in [0.5, 0.6) is 0 Å². The molecule has 4 heteroatoms. The molecule has 155 valence electrons. The number of amides is 1. The Labute approximate surface area is 179 Å². The maximum absolute atomic E-state index is 11.7. The number of aliphatic hydroxyl groups excluding tert-OH is 1. The number of carbonyl (C=O) groups excluding carboxylic acids is 1. The van der Waals surface area contributed by atoms with Crippen molar-refractivity contribution in [3.05, 3.63) is 114 Å². The van der Waals surface area contributed by atoms with Crippen molar-refractivity contribution in [3.63, 3.8) is 0 Å². The molecule has 0 saturated carbocycles. The lowest BCUT2D eigenvalue weighted by Crippen LogP contribution is -2.34. The van der Waals surface area contributed by atoms with E-state index < -0.39 is 12.0 Å². The number of benzene rings is 3. The van der Waals surface area contributed by atoms with E-state index in [-0.39, 0.29) is 0 Å². The van der Waals surface area contributed by atoms with E-state index in [9.17, 15) is 9.90 Å². The first kappa shape index (κ1) is 21.8. The Kier molecular flexibility index (Phi) is 8.19. The topological polar surface area (TPSA) is 66.6 Å². The first-order chi connectivity index (χ1) is 14.6. The summed E-state index contributed by atoms with van der Waals surface area (Å²) < 4.78 is 0. The summed E-state index contributed by atoms with van der Waals surface area (Å²) in [7, 11) is 0. The van der Waals surface area contributed by atoms with Crippen molar-refractivity contribution in [1.82, 2.24) is 4.90 Å². The molecule has 0 bridgehead atoms. The fourth-order valence-electron chi connectivity index (χ4n) is 3.56. The monoisotopic (exact) mass is 401 g/mol. The van der Waals surface area contributed by atoms with E-state index in [1.807, 2.05) is 61.0 Å². The summed E-state index contributed by atoms with van der Waals surface area (Å²) in [6.07, 6.45) is 2.83. The minimum absolute atomic E-state index is 0.406. The smallest absolute Gasteiger partial charge is 0.248 e. The Bertz CT molecular complexity index is 913. The average Bonchev–Trinajstić information content (AvgIpc) is 2.77. The highest BCUT2D eigenvalue weighted by molar-refractivity contribution is 5.94. The Hall–Kier alpha value is -2.95. The van der Waals surface area contributed by atoms with Gasteiger partial charge in [0, 0.05) is 25.2 Å². The Morgan fingerprint density at radius 1 is 0.900 bits per heavy atom. The molecule has 4 nitrogen and oxygen atoms in total. The van der Waals surface area contributed by atoms with Gasteiger partial charge in [-0.2, -0.15) is 0 Å². The molecule has 0 heterocycles. The lowest BCUT2D eigenvalue weighted by molar-refractivity contribution is 0.0998. The highest BCUT2D eigenvalue weighted by atomic mass is 16.3. The minimum atomic E-state index is -0.541. The number of rotatable bonds is 11. The van der Waals surface area contributed by atoms with Gasteiger partial charge in [-0.1, -0.05) is 78.9 Å². The molecule has 1 amide bonds. The van der Waals surface area contributed by atoms with Gasteiger partial charge in [0.05, 0.1) is 6.10 Å². The average molecular weight is 402 g/mol. The molecule has 0 saturated heterocycles. The summed E-state index contributed by atoms with van der Waals surface area (Å²) in [6.45, 7) is 1.98. The second-order valence-corrected chi connectivity index (χ2v) is 7.48. The SMILES string of the molecule is NC(=O)c1ccccc1CCN(Cc1ccccc1)C[C@H](O)[CH]Cc1ccccc1. The van der Waals surface area contributed by atoms with Crippen LogP contribution in [0.4, 0.5) is 0 Å². The molecule has 0 aromatic heterocycles. The first-order valence-electron chi connectivity index (χ1n) is 10.3. The van der Waals surface area contributed by atoms with Gasteiger partial charge in [-0.05, 0) is 42.0 Å². The third-order valence-corrected chi connectivity index (χ3v) is 5.14. The summed E-state index contributed by atoms with van der Waals surface area (Å²) in [5.74, 6) is -0.406. The van der Waals surface area contributed by atoms with Gasteiger partial charge in [0.25, 0.3) is 0 Å². The molecule has 1 atom stereocenters. The van der Waals surface area contributed by atoms with Crippen molar-refractivity contribution in [2.75, 3.05) is 13.1 Å². The van der Waals surface area contributed by atoms with E-state index in [0.717, 1.165) is 25.1 Å². The zero-order chi connectivity index (χ0) is 21.2. The van der Waals surface area contributed by atoms with Crippen LogP contribution in [0, 0.1) is 6.42 Å². The normalized spacial score (nSPS) is 12.1. The number of hydrogen-bond acceptors (Lipinski definition) is 3. The summed E-state index contributed by atoms with van der Waals surface area (Å²) in [4.78, 5) is 13.9. The molecule has 3 aromatic rings. The molecule has 0 unspecified atom stereocenters. The largest absolute Gasteiger partial charge is 0.391 e. The third kappa shape index (κ3) is 6.83. The van der Waals surface area contributed by atoms with E-state index in [2.05, 4.69) is 29.2 Å². The van der Waals surface area contributed by atoms with E-state index in [1.54, 1.807) is 6.07 Å². The van der Waals surface area contributed by atoms with Gasteiger partial charge in [0.15, 0.2) is 0 Å². The van der Waals surface area contributed by atoms with Crippen molar-refractivity contribution >= 4 is 5.91 Å². The van der Waals surface area contributed by atoms with Crippen molar-refractivity contribution < 1.29 is 9.90 Å². The molecular formula is C26H29N2O2. The maximum atomic E-state index is 11.7. The second kappa shape index (κ2) is 11.3. The van der Waals surface area contributed by atoms with Crippen molar-refractivity contribution in [1.29, 1.82) is 0 Å². The number of primary amides is 1. The van der Waals surface area contributed by atoms with Gasteiger partial charge in [0.1, 0.15) is 0 Å². The van der Waals surface area contributed by atoms with Crippen LogP contribution < -0.4 is 5.73 Å². The van der Waals surface area contributed by atoms with Gasteiger partial charge in [-0.3, -0.25) is 9.69 Å². The van der Waals surface area contributed by atoms with Gasteiger partial charge < -0.3 is 10.8 Å². The number of hydrogen-bond donors (Lipinski definition) is 2. The Morgan fingerprint density at radius 2 is 1.50 bits per heavy atom. The summed E-state index contributed by atoms with van der Waals surface area (Å²) >= 11 is 0. The molecule has 0 fully saturated rings. The number of aliphatic hydroxyl groups is 1. The molecule has 0 aliphatic rings. The highest BCUT2D eigenvalue weighted by Crippen LogP contribution is 2.13. The van der Waals surface area contributed by atoms with Crippen LogP contribution in [0.2, 0.25) is 0 Å². The van der Waals surface area contributed by atoms with Gasteiger partial charge >= 0.3 is 0 Å². The van der Waals surface area contributed by atoms with E-state index in [4.69, 9.17) is 5.73 Å². The Balaban J connectivity index is 1.63. The summed E-state index contributed by atoms with van der Waals surface area (Å²) in [5, 5.41) is 10.6. The second-order valence-electron chi connectivity index (χ2n) is 7.48. The molecule has 1 radical (unpaired) electrons. The molecule has 30 heavy (non-hydrogen) atoms. The molecule has 3 N–H and O–H groups in total. The highest BCUT2D eigenvalue weighted by Gasteiger charge is 2.15. The standard InChI is InChI=1S/C26H29N2O2/c27-26(30)25-14-8-7-13-23(25)17-18-28(19-22-11-5-2-6-12-22)20-24(29)16-15-21-9-3-1-4-10-21/h1-14,16,24,29H,15,17-20H2,(H2,27,30)/t24-/m1/s1. The predicted molar refractivity (Wildman–Crippen MR) is 121 cm³/mol. The summed E-state index contributed by atoms with van der Waals surface area (Å²) in [5.41, 5.74) is 9.39. The fourth-order valence-corrected chi connectivity index (χ4v) is 3.56. The number of nitrogens with zero attached hydrogens (tertiary/aromatic N) is 1. The van der Waals surface area contributed by atoms with Crippen LogP contribution >= 0.6 is 0 Å². The molecular weight excluding hydrogens is 372 g/mol. The quantitative estimate of drug-likeness (QED) is 0.516. The molecule has 0 aliphatic carbocycles. The fraction of sp³-hybridized carbons (Fsp3) is 0.231. The van der Waals surface area contributed by atoms with Crippen molar-refractivity contribution in [2.45, 2.75) is 25.5 Å². The van der Waals surface area contributed by atoms with Gasteiger partial charge in [0.2, 0.25) is 5.91 Å². The minimum Gasteiger partial charge on any atom is -0.391 e. The number of carbonyl (C=O) groups is 1. The van der Waals surface area contributed by atoms with Gasteiger partial charge in [-0.15, -0.1) is 0 Å². The summed E-state index contributed by atoms with van der Waals surface area (Å²) in [6, 6.07) is 27.8. The van der Waals surface area contributed by atoms with Crippen molar-refractivity contribution in [2.24, 2.45) is 5.73 Å². The van der Waals surface area contributed by atoms with Crippen LogP contribution in [-0.2, 0) is 19.4 Å². The molecule has 0 spiro atoms. The van der Waals surface area contributed by atoms with Gasteiger partial charge in [-0.25, -0.2) is 0 Å². The zero-order valence-corrected chi connectivity index (χ0v) is 17.2. The molecule has 3 rings (SSSR count). The lowest BCUT2D eigenvalue weighted by Gasteiger charge is -2.25. The predicted octanol–water partition coefficient (Wildman–Crippen LogP) is 3.64. The van der Waals surface area contributed by atoms with Crippen molar-refractivity contribution in [3.8, 4) is 0 Å². The van der Waals surface area contributed by atoms with Crippen LogP contribution in [0.1, 0.15) is 27.0 Å². The Morgan fingerprint density at radius 3 is 2.17 bits per heavy atom. The van der Waals surface area contributed by atoms with E-state index >= 15 is 0 Å². The lowest BCUT2D eigenvalue weighted by atomic mass is 10.0. The third-order valence-electron chi connectivity index (χ3n) is 5.14. The van der Waals surface area contributed by atoms with Crippen LogP contribution in [0.25, 0.3) is 0 Å². The van der Waals surface area contributed by atoms with Crippen LogP contribution in [0.3, 0.4) is 0 Å². The maximum Gasteiger partial charge on any atom is 0.248 e. The van der Waals surface area contributed by atoms with E-state index in [1.165, 1.54) is 11.1 Å². The molecule has 3 aromatic carbocycles. The van der Waals surface area contributed by atoms with Crippen LogP contribution in [-0.4, -0.2) is 35.1 Å². The first-order valence-corrected chi connectivity index (χ1v) is 10.3. The molecule has 0 aliphatic heterocycles.